The Morgan fingerprint density at radius 2 is 1.83 bits per heavy atom. The van der Waals surface area contributed by atoms with Gasteiger partial charge in [0, 0.05) is 18.5 Å². The molecule has 1 nitrogen and oxygen atoms in total. The minimum absolute atomic E-state index is 0.776. The van der Waals surface area contributed by atoms with E-state index in [1.54, 1.807) is 0 Å². The lowest BCUT2D eigenvalue weighted by atomic mass is 9.91. The summed E-state index contributed by atoms with van der Waals surface area (Å²) >= 11 is 5.83. The molecule has 100 valence electrons. The van der Waals surface area contributed by atoms with E-state index in [4.69, 9.17) is 11.6 Å². The normalized spacial score (nSPS) is 15.9. The Morgan fingerprint density at radius 3 is 2.33 bits per heavy atom. The molecule has 0 unspecified atom stereocenters. The summed E-state index contributed by atoms with van der Waals surface area (Å²) in [6, 6.07) is 9.89. The van der Waals surface area contributed by atoms with Gasteiger partial charge in [-0.1, -0.05) is 37.6 Å². The fourth-order valence-corrected chi connectivity index (χ4v) is 2.64. The first-order chi connectivity index (χ1) is 8.83. The molecule has 0 atom stereocenters. The second kappa shape index (κ2) is 7.16. The lowest BCUT2D eigenvalue weighted by Crippen LogP contribution is -2.40. The lowest BCUT2D eigenvalue weighted by molar-refractivity contribution is 0.120. The third-order valence-corrected chi connectivity index (χ3v) is 4.25. The van der Waals surface area contributed by atoms with Crippen LogP contribution in [0.25, 0.3) is 0 Å². The van der Waals surface area contributed by atoms with Crippen LogP contribution in [0.15, 0.2) is 24.3 Å². The number of hydrogen-bond acceptors (Lipinski definition) is 1. The van der Waals surface area contributed by atoms with E-state index >= 15 is 0 Å². The Bertz CT molecular complexity index is 343. The average molecular weight is 266 g/mol. The van der Waals surface area contributed by atoms with Gasteiger partial charge in [0.25, 0.3) is 0 Å². The molecule has 0 spiro atoms. The van der Waals surface area contributed by atoms with Crippen molar-refractivity contribution in [2.45, 2.75) is 51.6 Å². The molecular formula is C16H24ClN. The maximum Gasteiger partial charge on any atom is 0.0236 e. The van der Waals surface area contributed by atoms with E-state index in [0.717, 1.165) is 37.9 Å². The summed E-state index contributed by atoms with van der Waals surface area (Å²) in [6.45, 7) is 4.44. The molecule has 1 saturated carbocycles. The van der Waals surface area contributed by atoms with Gasteiger partial charge >= 0.3 is 0 Å². The van der Waals surface area contributed by atoms with Crippen molar-refractivity contribution < 1.29 is 0 Å². The number of halogens is 1. The van der Waals surface area contributed by atoms with E-state index in [1.807, 2.05) is 0 Å². The monoisotopic (exact) mass is 265 g/mol. The number of benzene rings is 1. The van der Waals surface area contributed by atoms with E-state index < -0.39 is 0 Å². The third-order valence-electron chi connectivity index (χ3n) is 3.99. The number of aryl methyl sites for hydroxylation is 1. The van der Waals surface area contributed by atoms with Crippen molar-refractivity contribution in [1.29, 1.82) is 0 Å². The summed E-state index contributed by atoms with van der Waals surface area (Å²) in [5.74, 6) is 0.776. The van der Waals surface area contributed by atoms with Crippen molar-refractivity contribution in [3.05, 3.63) is 35.4 Å². The predicted molar refractivity (Wildman–Crippen MR) is 79.2 cm³/mol. The second-order valence-electron chi connectivity index (χ2n) is 5.27. The van der Waals surface area contributed by atoms with Crippen molar-refractivity contribution in [3.8, 4) is 0 Å². The Hall–Kier alpha value is -0.530. The van der Waals surface area contributed by atoms with Gasteiger partial charge in [-0.3, -0.25) is 4.90 Å². The Kier molecular flexibility index (Phi) is 5.52. The topological polar surface area (TPSA) is 3.24 Å². The number of rotatable bonds is 7. The standard InChI is InChI=1S/C16H24ClN/c1-2-14-7-9-15(10-8-14)13-18(12-4-11-17)16-5-3-6-16/h7-10,16H,2-6,11-13H2,1H3. The lowest BCUT2D eigenvalue weighted by Gasteiger charge is -2.37. The maximum absolute atomic E-state index is 5.83. The van der Waals surface area contributed by atoms with Crippen LogP contribution in [0.3, 0.4) is 0 Å². The van der Waals surface area contributed by atoms with Crippen LogP contribution in [0, 0.1) is 0 Å². The van der Waals surface area contributed by atoms with E-state index in [1.165, 1.54) is 30.4 Å². The van der Waals surface area contributed by atoms with Crippen LogP contribution in [0.1, 0.15) is 43.7 Å². The minimum Gasteiger partial charge on any atom is -0.296 e. The summed E-state index contributed by atoms with van der Waals surface area (Å²) in [4.78, 5) is 2.62. The molecule has 0 radical (unpaired) electrons. The smallest absolute Gasteiger partial charge is 0.0236 e. The Morgan fingerprint density at radius 1 is 1.17 bits per heavy atom. The van der Waals surface area contributed by atoms with Gasteiger partial charge in [-0.15, -0.1) is 11.6 Å². The molecule has 1 aromatic carbocycles. The highest BCUT2D eigenvalue weighted by Gasteiger charge is 2.24. The molecule has 18 heavy (non-hydrogen) atoms. The molecular weight excluding hydrogens is 242 g/mol. The summed E-state index contributed by atoms with van der Waals surface area (Å²) < 4.78 is 0. The number of hydrogen-bond donors (Lipinski definition) is 0. The zero-order chi connectivity index (χ0) is 12.8. The van der Waals surface area contributed by atoms with Crippen LogP contribution in [0.5, 0.6) is 0 Å². The quantitative estimate of drug-likeness (QED) is 0.667. The molecule has 0 aliphatic heterocycles. The van der Waals surface area contributed by atoms with Gasteiger partial charge in [-0.05, 0) is 43.4 Å². The van der Waals surface area contributed by atoms with Gasteiger partial charge in [0.1, 0.15) is 0 Å². The molecule has 0 amide bonds. The van der Waals surface area contributed by atoms with Crippen molar-refractivity contribution >= 4 is 11.6 Å². The highest BCUT2D eigenvalue weighted by atomic mass is 35.5. The van der Waals surface area contributed by atoms with Gasteiger partial charge in [0.05, 0.1) is 0 Å². The van der Waals surface area contributed by atoms with Crippen LogP contribution in [-0.4, -0.2) is 23.4 Å². The van der Waals surface area contributed by atoms with Gasteiger partial charge < -0.3 is 0 Å². The van der Waals surface area contributed by atoms with Crippen molar-refractivity contribution in [2.24, 2.45) is 0 Å². The zero-order valence-corrected chi connectivity index (χ0v) is 12.1. The first-order valence-electron chi connectivity index (χ1n) is 7.21. The summed E-state index contributed by atoms with van der Waals surface area (Å²) in [7, 11) is 0. The Labute approximate surface area is 116 Å². The van der Waals surface area contributed by atoms with E-state index in [2.05, 4.69) is 36.1 Å². The second-order valence-corrected chi connectivity index (χ2v) is 5.65. The van der Waals surface area contributed by atoms with E-state index in [9.17, 15) is 0 Å². The molecule has 0 bridgehead atoms. The van der Waals surface area contributed by atoms with Crippen molar-refractivity contribution in [2.75, 3.05) is 12.4 Å². The van der Waals surface area contributed by atoms with Gasteiger partial charge in [0.15, 0.2) is 0 Å². The van der Waals surface area contributed by atoms with Gasteiger partial charge in [0.2, 0.25) is 0 Å². The van der Waals surface area contributed by atoms with Crippen LogP contribution in [-0.2, 0) is 13.0 Å². The summed E-state index contributed by atoms with van der Waals surface area (Å²) in [5.41, 5.74) is 2.86. The highest BCUT2D eigenvalue weighted by molar-refractivity contribution is 6.17. The van der Waals surface area contributed by atoms with Crippen molar-refractivity contribution in [1.82, 2.24) is 4.90 Å². The first-order valence-corrected chi connectivity index (χ1v) is 7.74. The molecule has 1 aromatic rings. The molecule has 1 aliphatic carbocycles. The van der Waals surface area contributed by atoms with Crippen LogP contribution in [0.2, 0.25) is 0 Å². The van der Waals surface area contributed by atoms with Crippen LogP contribution in [0.4, 0.5) is 0 Å². The average Bonchev–Trinajstić information content (AvgIpc) is 2.34. The Balaban J connectivity index is 1.93. The fourth-order valence-electron chi connectivity index (χ4n) is 2.52. The molecule has 0 heterocycles. The van der Waals surface area contributed by atoms with E-state index in [0.29, 0.717) is 0 Å². The minimum atomic E-state index is 0.776. The number of alkyl halides is 1. The summed E-state index contributed by atoms with van der Waals surface area (Å²) in [6.07, 6.45) is 6.37. The van der Waals surface area contributed by atoms with Crippen molar-refractivity contribution in [3.63, 3.8) is 0 Å². The zero-order valence-electron chi connectivity index (χ0n) is 11.4. The first kappa shape index (κ1) is 13.9. The molecule has 0 N–H and O–H groups in total. The highest BCUT2D eigenvalue weighted by Crippen LogP contribution is 2.26. The van der Waals surface area contributed by atoms with Crippen LogP contribution >= 0.6 is 11.6 Å². The molecule has 2 rings (SSSR count). The molecule has 2 heteroatoms. The number of nitrogens with zero attached hydrogens (tertiary/aromatic N) is 1. The predicted octanol–water partition coefficient (Wildman–Crippen LogP) is 4.23. The van der Waals surface area contributed by atoms with E-state index in [-0.39, 0.29) is 0 Å². The van der Waals surface area contributed by atoms with Crippen LogP contribution < -0.4 is 0 Å². The van der Waals surface area contributed by atoms with Gasteiger partial charge in [-0.25, -0.2) is 0 Å². The van der Waals surface area contributed by atoms with Gasteiger partial charge in [-0.2, -0.15) is 0 Å². The molecule has 1 aliphatic rings. The SMILES string of the molecule is CCc1ccc(CN(CCCCl)C2CCC2)cc1. The third kappa shape index (κ3) is 3.73. The molecule has 1 fully saturated rings. The molecule has 0 saturated heterocycles. The maximum atomic E-state index is 5.83. The largest absolute Gasteiger partial charge is 0.296 e. The molecule has 0 aromatic heterocycles. The summed E-state index contributed by atoms with van der Waals surface area (Å²) in [5, 5.41) is 0. The fraction of sp³-hybridized carbons (Fsp3) is 0.625.